The summed E-state index contributed by atoms with van der Waals surface area (Å²) in [5.41, 5.74) is 1.43. The molecule has 1 saturated carbocycles. The molecule has 6 heteroatoms. The molecule has 0 aromatic carbocycles. The summed E-state index contributed by atoms with van der Waals surface area (Å²) in [7, 11) is 1.69. The SMILES string of the molecule is CC(C)Cc1c(CS(=O)(=O)Cl)noc1C1CC1. The van der Waals surface area contributed by atoms with Gasteiger partial charge in [0.1, 0.15) is 17.2 Å². The van der Waals surface area contributed by atoms with E-state index in [-0.39, 0.29) is 5.75 Å². The number of hydrogen-bond acceptors (Lipinski definition) is 4. The van der Waals surface area contributed by atoms with E-state index in [0.717, 1.165) is 30.6 Å². The number of hydrogen-bond donors (Lipinski definition) is 0. The maximum atomic E-state index is 11.1. The topological polar surface area (TPSA) is 60.2 Å². The molecular weight excluding hydrogens is 262 g/mol. The van der Waals surface area contributed by atoms with Crippen LogP contribution in [0.4, 0.5) is 0 Å². The molecule has 0 unspecified atom stereocenters. The van der Waals surface area contributed by atoms with E-state index in [0.29, 0.717) is 17.5 Å². The molecule has 1 aliphatic rings. The Morgan fingerprint density at radius 1 is 1.47 bits per heavy atom. The van der Waals surface area contributed by atoms with Crippen LogP contribution in [0, 0.1) is 5.92 Å². The van der Waals surface area contributed by atoms with E-state index < -0.39 is 9.05 Å². The third-order valence-corrected chi connectivity index (χ3v) is 3.72. The van der Waals surface area contributed by atoms with Crippen LogP contribution >= 0.6 is 10.7 Å². The average Bonchev–Trinajstić information content (AvgIpc) is 2.91. The third-order valence-electron chi connectivity index (χ3n) is 2.77. The Balaban J connectivity index is 2.31. The quantitative estimate of drug-likeness (QED) is 0.777. The van der Waals surface area contributed by atoms with Crippen molar-refractivity contribution in [1.29, 1.82) is 0 Å². The maximum absolute atomic E-state index is 11.1. The summed E-state index contributed by atoms with van der Waals surface area (Å²) in [4.78, 5) is 0. The van der Waals surface area contributed by atoms with Crippen LogP contribution in [0.2, 0.25) is 0 Å². The van der Waals surface area contributed by atoms with Crippen molar-refractivity contribution < 1.29 is 12.9 Å². The molecule has 1 aromatic rings. The highest BCUT2D eigenvalue weighted by Gasteiger charge is 2.33. The minimum absolute atomic E-state index is 0.243. The summed E-state index contributed by atoms with van der Waals surface area (Å²) in [6, 6.07) is 0. The Bertz CT molecular complexity index is 503. The Morgan fingerprint density at radius 3 is 2.59 bits per heavy atom. The van der Waals surface area contributed by atoms with Crippen molar-refractivity contribution in [2.24, 2.45) is 5.92 Å². The molecule has 0 radical (unpaired) electrons. The molecule has 96 valence electrons. The smallest absolute Gasteiger partial charge is 0.238 e. The van der Waals surface area contributed by atoms with Crippen LogP contribution in [-0.2, 0) is 21.2 Å². The van der Waals surface area contributed by atoms with Crippen LogP contribution in [0.25, 0.3) is 0 Å². The zero-order valence-electron chi connectivity index (χ0n) is 9.94. The number of aromatic nitrogens is 1. The van der Waals surface area contributed by atoms with E-state index in [1.807, 2.05) is 0 Å². The molecule has 1 fully saturated rings. The molecule has 0 atom stereocenters. The summed E-state index contributed by atoms with van der Waals surface area (Å²) in [5, 5.41) is 3.88. The van der Waals surface area contributed by atoms with Crippen molar-refractivity contribution in [1.82, 2.24) is 5.16 Å². The highest BCUT2D eigenvalue weighted by Crippen LogP contribution is 2.43. The molecule has 0 N–H and O–H groups in total. The van der Waals surface area contributed by atoms with Crippen LogP contribution in [0.15, 0.2) is 4.52 Å². The van der Waals surface area contributed by atoms with Gasteiger partial charge in [-0.05, 0) is 25.2 Å². The van der Waals surface area contributed by atoms with Crippen molar-refractivity contribution in [2.45, 2.75) is 44.8 Å². The Morgan fingerprint density at radius 2 is 2.12 bits per heavy atom. The minimum Gasteiger partial charge on any atom is -0.361 e. The summed E-state index contributed by atoms with van der Waals surface area (Å²) in [5.74, 6) is 1.49. The van der Waals surface area contributed by atoms with Gasteiger partial charge in [-0.15, -0.1) is 0 Å². The van der Waals surface area contributed by atoms with Gasteiger partial charge in [0.15, 0.2) is 0 Å². The first kappa shape index (κ1) is 12.9. The Labute approximate surface area is 106 Å². The van der Waals surface area contributed by atoms with Crippen LogP contribution in [-0.4, -0.2) is 13.6 Å². The molecule has 0 aliphatic heterocycles. The fraction of sp³-hybridized carbons (Fsp3) is 0.727. The van der Waals surface area contributed by atoms with E-state index >= 15 is 0 Å². The molecule has 1 heterocycles. The Kier molecular flexibility index (Phi) is 3.50. The Hall–Kier alpha value is -0.550. The van der Waals surface area contributed by atoms with Gasteiger partial charge in [0.05, 0.1) is 0 Å². The van der Waals surface area contributed by atoms with E-state index in [1.54, 1.807) is 0 Å². The molecule has 2 rings (SSSR count). The lowest BCUT2D eigenvalue weighted by molar-refractivity contribution is 0.378. The van der Waals surface area contributed by atoms with Gasteiger partial charge in [0.2, 0.25) is 9.05 Å². The molecule has 4 nitrogen and oxygen atoms in total. The normalized spacial score (nSPS) is 16.7. The first-order valence-electron chi connectivity index (χ1n) is 5.76. The van der Waals surface area contributed by atoms with Crippen molar-refractivity contribution in [3.05, 3.63) is 17.0 Å². The van der Waals surface area contributed by atoms with Crippen molar-refractivity contribution in [3.63, 3.8) is 0 Å². The number of rotatable bonds is 5. The third kappa shape index (κ3) is 3.45. The second-order valence-corrected chi connectivity index (χ2v) is 7.80. The van der Waals surface area contributed by atoms with Gasteiger partial charge in [-0.2, -0.15) is 0 Å². The van der Waals surface area contributed by atoms with Gasteiger partial charge in [-0.25, -0.2) is 8.42 Å². The van der Waals surface area contributed by atoms with Gasteiger partial charge < -0.3 is 4.52 Å². The van der Waals surface area contributed by atoms with Crippen LogP contribution in [0.1, 0.15) is 49.6 Å². The van der Waals surface area contributed by atoms with E-state index in [9.17, 15) is 8.42 Å². The number of nitrogens with zero attached hydrogens (tertiary/aromatic N) is 1. The zero-order chi connectivity index (χ0) is 12.6. The fourth-order valence-corrected chi connectivity index (χ4v) is 2.79. The predicted octanol–water partition coefficient (Wildman–Crippen LogP) is 2.82. The van der Waals surface area contributed by atoms with Gasteiger partial charge in [-0.3, -0.25) is 0 Å². The monoisotopic (exact) mass is 277 g/mol. The lowest BCUT2D eigenvalue weighted by atomic mass is 10.00. The molecule has 0 amide bonds. The average molecular weight is 278 g/mol. The second kappa shape index (κ2) is 4.61. The van der Waals surface area contributed by atoms with E-state index in [4.69, 9.17) is 15.2 Å². The van der Waals surface area contributed by atoms with Crippen molar-refractivity contribution in [3.8, 4) is 0 Å². The summed E-state index contributed by atoms with van der Waals surface area (Å²) in [6.45, 7) is 4.17. The zero-order valence-corrected chi connectivity index (χ0v) is 11.5. The fourth-order valence-electron chi connectivity index (χ4n) is 1.93. The predicted molar refractivity (Wildman–Crippen MR) is 65.5 cm³/mol. The van der Waals surface area contributed by atoms with E-state index in [1.165, 1.54) is 0 Å². The maximum Gasteiger partial charge on any atom is 0.238 e. The van der Waals surface area contributed by atoms with Gasteiger partial charge in [0.25, 0.3) is 0 Å². The second-order valence-electron chi connectivity index (χ2n) is 5.03. The van der Waals surface area contributed by atoms with Crippen molar-refractivity contribution >= 4 is 19.7 Å². The lowest BCUT2D eigenvalue weighted by Gasteiger charge is -2.05. The highest BCUT2D eigenvalue weighted by atomic mass is 35.7. The lowest BCUT2D eigenvalue weighted by Crippen LogP contribution is -2.03. The van der Waals surface area contributed by atoms with Crippen LogP contribution in [0.3, 0.4) is 0 Å². The molecule has 0 bridgehead atoms. The van der Waals surface area contributed by atoms with Crippen molar-refractivity contribution in [2.75, 3.05) is 0 Å². The highest BCUT2D eigenvalue weighted by molar-refractivity contribution is 8.13. The molecule has 17 heavy (non-hydrogen) atoms. The molecular formula is C11H16ClNO3S. The first-order valence-corrected chi connectivity index (χ1v) is 8.24. The molecule has 0 spiro atoms. The molecule has 1 aliphatic carbocycles. The summed E-state index contributed by atoms with van der Waals surface area (Å²) >= 11 is 0. The van der Waals surface area contributed by atoms with Gasteiger partial charge in [-0.1, -0.05) is 19.0 Å². The molecule has 1 aromatic heterocycles. The summed E-state index contributed by atoms with van der Waals surface area (Å²) in [6.07, 6.45) is 3.00. The van der Waals surface area contributed by atoms with Crippen LogP contribution < -0.4 is 0 Å². The first-order chi connectivity index (χ1) is 7.87. The van der Waals surface area contributed by atoms with E-state index in [2.05, 4.69) is 19.0 Å². The van der Waals surface area contributed by atoms with Crippen LogP contribution in [0.5, 0.6) is 0 Å². The van der Waals surface area contributed by atoms with Gasteiger partial charge >= 0.3 is 0 Å². The number of halogens is 1. The standard InChI is InChI=1S/C11H16ClNO3S/c1-7(2)5-9-10(6-17(12,14)15)13-16-11(9)8-3-4-8/h7-8H,3-6H2,1-2H3. The largest absolute Gasteiger partial charge is 0.361 e. The summed E-state index contributed by atoms with van der Waals surface area (Å²) < 4.78 is 27.5. The molecule has 0 saturated heterocycles. The minimum atomic E-state index is -3.58. The van der Waals surface area contributed by atoms with Gasteiger partial charge in [0, 0.05) is 22.2 Å².